The summed E-state index contributed by atoms with van der Waals surface area (Å²) in [6.45, 7) is 4.90. The van der Waals surface area contributed by atoms with Gasteiger partial charge in [-0.15, -0.1) is 0 Å². The van der Waals surface area contributed by atoms with Crippen molar-refractivity contribution in [3.8, 4) is 0 Å². The minimum Gasteiger partial charge on any atom is -0.382 e. The molecule has 1 aromatic carbocycles. The lowest BCUT2D eigenvalue weighted by Gasteiger charge is -2.44. The van der Waals surface area contributed by atoms with Gasteiger partial charge >= 0.3 is 0 Å². The van der Waals surface area contributed by atoms with E-state index in [-0.39, 0.29) is 12.2 Å². The first-order valence-electron chi connectivity index (χ1n) is 7.45. The number of ether oxygens (including phenoxy) is 3. The summed E-state index contributed by atoms with van der Waals surface area (Å²) in [6, 6.07) is 8.53. The Labute approximate surface area is 135 Å². The zero-order valence-electron chi connectivity index (χ0n) is 12.7. The molecule has 0 heterocycles. The van der Waals surface area contributed by atoms with Gasteiger partial charge in [-0.05, 0) is 24.6 Å². The molecule has 0 saturated heterocycles. The second-order valence-electron chi connectivity index (χ2n) is 5.17. The van der Waals surface area contributed by atoms with Gasteiger partial charge in [0.25, 0.3) is 0 Å². The average Bonchev–Trinajstić information content (AvgIpc) is 2.48. The Morgan fingerprint density at radius 1 is 1.24 bits per heavy atom. The van der Waals surface area contributed by atoms with Crippen LogP contribution in [0.25, 0.3) is 0 Å². The first-order valence-corrected chi connectivity index (χ1v) is 8.24. The quantitative estimate of drug-likeness (QED) is 0.689. The van der Waals surface area contributed by atoms with E-state index in [1.807, 2.05) is 18.2 Å². The molecule has 2 rings (SSSR count). The molecule has 3 atom stereocenters. The molecule has 5 heteroatoms. The van der Waals surface area contributed by atoms with Crippen LogP contribution in [0.5, 0.6) is 0 Å². The first kappa shape index (κ1) is 16.9. The second-order valence-corrected chi connectivity index (χ2v) is 6.02. The highest BCUT2D eigenvalue weighted by Gasteiger charge is 2.42. The van der Waals surface area contributed by atoms with E-state index in [0.29, 0.717) is 25.9 Å². The van der Waals surface area contributed by atoms with Crippen LogP contribution in [0.15, 0.2) is 28.7 Å². The van der Waals surface area contributed by atoms with Crippen molar-refractivity contribution < 1.29 is 14.2 Å². The molecule has 4 nitrogen and oxygen atoms in total. The van der Waals surface area contributed by atoms with Crippen LogP contribution in [-0.4, -0.2) is 45.1 Å². The van der Waals surface area contributed by atoms with Crippen LogP contribution in [0.2, 0.25) is 0 Å². The predicted molar refractivity (Wildman–Crippen MR) is 86.4 cm³/mol. The van der Waals surface area contributed by atoms with E-state index < -0.39 is 0 Å². The Bertz CT molecular complexity index is 430. The Hall–Kier alpha value is -0.460. The van der Waals surface area contributed by atoms with Crippen LogP contribution in [-0.2, 0) is 20.8 Å². The maximum Gasteiger partial charge on any atom is 0.0991 e. The van der Waals surface area contributed by atoms with Crippen molar-refractivity contribution in [1.82, 2.24) is 5.32 Å². The van der Waals surface area contributed by atoms with Crippen LogP contribution < -0.4 is 5.32 Å². The molecule has 0 bridgehead atoms. The highest BCUT2D eigenvalue weighted by Crippen LogP contribution is 2.29. The molecule has 118 valence electrons. The molecule has 0 spiro atoms. The van der Waals surface area contributed by atoms with Gasteiger partial charge in [-0.2, -0.15) is 0 Å². The van der Waals surface area contributed by atoms with Crippen molar-refractivity contribution in [2.75, 3.05) is 26.9 Å². The standard InChI is InChI=1S/C16H24BrNO3/c1-3-18-14-10-15(16(14)20-9-8-19-2)21-11-12-6-4-5-7-13(12)17/h4-7,14-16,18H,3,8-11H2,1-2H3. The number of hydrogen-bond acceptors (Lipinski definition) is 4. The summed E-state index contributed by atoms with van der Waals surface area (Å²) in [5.41, 5.74) is 1.17. The molecule has 0 aromatic heterocycles. The fraction of sp³-hybridized carbons (Fsp3) is 0.625. The highest BCUT2D eigenvalue weighted by atomic mass is 79.9. The smallest absolute Gasteiger partial charge is 0.0991 e. The van der Waals surface area contributed by atoms with Gasteiger partial charge in [-0.1, -0.05) is 41.1 Å². The third kappa shape index (κ3) is 4.76. The summed E-state index contributed by atoms with van der Waals surface area (Å²) in [4.78, 5) is 0. The lowest BCUT2D eigenvalue weighted by atomic mass is 9.85. The van der Waals surface area contributed by atoms with E-state index in [1.165, 1.54) is 5.56 Å². The van der Waals surface area contributed by atoms with E-state index in [2.05, 4.69) is 34.2 Å². The van der Waals surface area contributed by atoms with Crippen molar-refractivity contribution in [2.45, 2.75) is 38.2 Å². The first-order chi connectivity index (χ1) is 10.3. The maximum atomic E-state index is 6.03. The Morgan fingerprint density at radius 3 is 2.76 bits per heavy atom. The van der Waals surface area contributed by atoms with E-state index in [0.717, 1.165) is 17.4 Å². The largest absolute Gasteiger partial charge is 0.382 e. The van der Waals surface area contributed by atoms with E-state index in [9.17, 15) is 0 Å². The molecule has 0 amide bonds. The van der Waals surface area contributed by atoms with Gasteiger partial charge in [0, 0.05) is 17.6 Å². The molecule has 21 heavy (non-hydrogen) atoms. The van der Waals surface area contributed by atoms with Crippen LogP contribution in [0.1, 0.15) is 18.9 Å². The molecule has 0 aliphatic heterocycles. The predicted octanol–water partition coefficient (Wildman–Crippen LogP) is 2.75. The van der Waals surface area contributed by atoms with Crippen LogP contribution >= 0.6 is 15.9 Å². The molecule has 0 radical (unpaired) electrons. The minimum atomic E-state index is 0.114. The molecule has 1 fully saturated rings. The average molecular weight is 358 g/mol. The van der Waals surface area contributed by atoms with Gasteiger partial charge in [-0.3, -0.25) is 0 Å². The van der Waals surface area contributed by atoms with Crippen molar-refractivity contribution in [1.29, 1.82) is 0 Å². The number of benzene rings is 1. The number of nitrogens with one attached hydrogen (secondary N) is 1. The Kier molecular flexibility index (Phi) is 7.13. The van der Waals surface area contributed by atoms with Crippen LogP contribution in [0.4, 0.5) is 0 Å². The fourth-order valence-corrected chi connectivity index (χ4v) is 2.91. The normalized spacial score (nSPS) is 24.8. The topological polar surface area (TPSA) is 39.7 Å². The number of halogens is 1. The molecule has 1 aliphatic carbocycles. The van der Waals surface area contributed by atoms with Crippen molar-refractivity contribution in [3.63, 3.8) is 0 Å². The van der Waals surface area contributed by atoms with Gasteiger partial charge in [0.05, 0.1) is 32.0 Å². The number of hydrogen-bond donors (Lipinski definition) is 1. The Balaban J connectivity index is 1.82. The number of likely N-dealkylation sites (N-methyl/N-ethyl adjacent to an activating group) is 1. The van der Waals surface area contributed by atoms with E-state index >= 15 is 0 Å². The second kappa shape index (κ2) is 8.86. The number of rotatable bonds is 9. The van der Waals surface area contributed by atoms with E-state index in [1.54, 1.807) is 7.11 Å². The summed E-state index contributed by atoms with van der Waals surface area (Å²) < 4.78 is 18.1. The van der Waals surface area contributed by atoms with E-state index in [4.69, 9.17) is 14.2 Å². The van der Waals surface area contributed by atoms with Crippen molar-refractivity contribution in [3.05, 3.63) is 34.3 Å². The lowest BCUT2D eigenvalue weighted by molar-refractivity contribution is -0.156. The van der Waals surface area contributed by atoms with Gasteiger partial charge in [0.1, 0.15) is 0 Å². The van der Waals surface area contributed by atoms with Crippen LogP contribution in [0, 0.1) is 0 Å². The third-order valence-corrected chi connectivity index (χ3v) is 4.50. The highest BCUT2D eigenvalue weighted by molar-refractivity contribution is 9.10. The van der Waals surface area contributed by atoms with Crippen molar-refractivity contribution in [2.24, 2.45) is 0 Å². The summed E-state index contributed by atoms with van der Waals surface area (Å²) >= 11 is 3.55. The number of methoxy groups -OCH3 is 1. The maximum absolute atomic E-state index is 6.03. The summed E-state index contributed by atoms with van der Waals surface area (Å²) in [7, 11) is 1.69. The van der Waals surface area contributed by atoms with Crippen LogP contribution in [0.3, 0.4) is 0 Å². The van der Waals surface area contributed by atoms with Gasteiger partial charge in [-0.25, -0.2) is 0 Å². The third-order valence-electron chi connectivity index (χ3n) is 3.72. The zero-order valence-corrected chi connectivity index (χ0v) is 14.3. The molecule has 3 unspecified atom stereocenters. The molecule has 1 saturated carbocycles. The Morgan fingerprint density at radius 2 is 2.05 bits per heavy atom. The monoisotopic (exact) mass is 357 g/mol. The molecule has 1 N–H and O–H groups in total. The minimum absolute atomic E-state index is 0.114. The lowest BCUT2D eigenvalue weighted by Crippen LogP contribution is -2.60. The van der Waals surface area contributed by atoms with Crippen molar-refractivity contribution >= 4 is 15.9 Å². The molecular formula is C16H24BrNO3. The molecular weight excluding hydrogens is 334 g/mol. The molecule has 1 aromatic rings. The summed E-state index contributed by atoms with van der Waals surface area (Å²) in [5.74, 6) is 0. The fourth-order valence-electron chi connectivity index (χ4n) is 2.51. The van der Waals surface area contributed by atoms with Gasteiger partial charge < -0.3 is 19.5 Å². The van der Waals surface area contributed by atoms with Gasteiger partial charge in [0.15, 0.2) is 0 Å². The summed E-state index contributed by atoms with van der Waals surface area (Å²) in [5, 5.41) is 3.44. The van der Waals surface area contributed by atoms with Gasteiger partial charge in [0.2, 0.25) is 0 Å². The zero-order chi connectivity index (χ0) is 15.1. The summed E-state index contributed by atoms with van der Waals surface area (Å²) in [6.07, 6.45) is 1.26. The molecule has 1 aliphatic rings. The SMILES string of the molecule is CCNC1CC(OCc2ccccc2Br)C1OCCOC.